The van der Waals surface area contributed by atoms with Crippen molar-refractivity contribution in [1.29, 1.82) is 0 Å². The lowest BCUT2D eigenvalue weighted by Crippen LogP contribution is -2.52. The summed E-state index contributed by atoms with van der Waals surface area (Å²) in [6, 6.07) is 14.0. The Kier molecular flexibility index (Phi) is 8.14. The van der Waals surface area contributed by atoms with Gasteiger partial charge in [0.15, 0.2) is 0 Å². The molecule has 0 aliphatic heterocycles. The topological polar surface area (TPSA) is 84.2 Å². The molecule has 4 N–H and O–H groups in total. The van der Waals surface area contributed by atoms with Gasteiger partial charge >= 0.3 is 0 Å². The molecule has 0 unspecified atom stereocenters. The van der Waals surface area contributed by atoms with E-state index in [0.29, 0.717) is 12.8 Å². The third-order valence-electron chi connectivity index (χ3n) is 4.36. The van der Waals surface area contributed by atoms with Gasteiger partial charge in [-0.2, -0.15) is 0 Å². The SMILES string of the molecule is CC(C)C[C@@H](N)C(=O)N[C@@H](Cc1ccccc1)C(=O)NCc1ccc(F)cc1. The number of carbonyl (C=O) groups is 2. The molecule has 0 spiro atoms. The van der Waals surface area contributed by atoms with Gasteiger partial charge in [0.2, 0.25) is 11.8 Å². The lowest BCUT2D eigenvalue weighted by atomic mass is 10.0. The molecule has 5 nitrogen and oxygen atoms in total. The largest absolute Gasteiger partial charge is 0.350 e. The van der Waals surface area contributed by atoms with Crippen LogP contribution in [-0.2, 0) is 22.6 Å². The molecule has 0 radical (unpaired) electrons. The Hall–Kier alpha value is -2.73. The van der Waals surface area contributed by atoms with Gasteiger partial charge in [0.25, 0.3) is 0 Å². The highest BCUT2D eigenvalue weighted by Crippen LogP contribution is 2.07. The Bertz CT molecular complexity index is 763. The number of carbonyl (C=O) groups excluding carboxylic acids is 2. The Labute approximate surface area is 165 Å². The summed E-state index contributed by atoms with van der Waals surface area (Å²) in [5.41, 5.74) is 7.67. The van der Waals surface area contributed by atoms with Gasteiger partial charge in [0.1, 0.15) is 11.9 Å². The van der Waals surface area contributed by atoms with Crippen LogP contribution in [0.25, 0.3) is 0 Å². The molecular weight excluding hydrogens is 357 g/mol. The van der Waals surface area contributed by atoms with E-state index in [0.717, 1.165) is 11.1 Å². The summed E-state index contributed by atoms with van der Waals surface area (Å²) in [6.07, 6.45) is 0.900. The molecule has 2 rings (SSSR count). The molecule has 0 aliphatic rings. The molecule has 0 fully saturated rings. The second-order valence-electron chi connectivity index (χ2n) is 7.33. The molecule has 0 aromatic heterocycles. The van der Waals surface area contributed by atoms with E-state index in [9.17, 15) is 14.0 Å². The molecule has 0 saturated carbocycles. The fourth-order valence-corrected chi connectivity index (χ4v) is 2.87. The van der Waals surface area contributed by atoms with Crippen LogP contribution in [-0.4, -0.2) is 23.9 Å². The van der Waals surface area contributed by atoms with Crippen LogP contribution in [0.5, 0.6) is 0 Å². The van der Waals surface area contributed by atoms with Crippen molar-refractivity contribution in [1.82, 2.24) is 10.6 Å². The molecule has 6 heteroatoms. The van der Waals surface area contributed by atoms with Crippen molar-refractivity contribution >= 4 is 11.8 Å². The molecule has 150 valence electrons. The molecule has 2 aromatic rings. The van der Waals surface area contributed by atoms with Gasteiger partial charge in [-0.15, -0.1) is 0 Å². The molecule has 0 bridgehead atoms. The average Bonchev–Trinajstić information content (AvgIpc) is 2.67. The minimum Gasteiger partial charge on any atom is -0.350 e. The first-order chi connectivity index (χ1) is 13.3. The second kappa shape index (κ2) is 10.6. The van der Waals surface area contributed by atoms with Gasteiger partial charge in [-0.25, -0.2) is 4.39 Å². The van der Waals surface area contributed by atoms with Crippen molar-refractivity contribution in [3.05, 3.63) is 71.5 Å². The van der Waals surface area contributed by atoms with Gasteiger partial charge in [0.05, 0.1) is 6.04 Å². The van der Waals surface area contributed by atoms with Gasteiger partial charge < -0.3 is 16.4 Å². The van der Waals surface area contributed by atoms with Gasteiger partial charge in [-0.1, -0.05) is 56.3 Å². The van der Waals surface area contributed by atoms with E-state index < -0.39 is 12.1 Å². The Morgan fingerprint density at radius 2 is 1.61 bits per heavy atom. The zero-order valence-corrected chi connectivity index (χ0v) is 16.3. The van der Waals surface area contributed by atoms with Crippen LogP contribution in [0.2, 0.25) is 0 Å². The van der Waals surface area contributed by atoms with Crippen LogP contribution >= 0.6 is 0 Å². The predicted octanol–water partition coefficient (Wildman–Crippen LogP) is 2.54. The molecule has 2 atom stereocenters. The number of benzene rings is 2. The van der Waals surface area contributed by atoms with E-state index in [4.69, 9.17) is 5.73 Å². The maximum Gasteiger partial charge on any atom is 0.243 e. The summed E-state index contributed by atoms with van der Waals surface area (Å²) in [6.45, 7) is 4.23. The monoisotopic (exact) mass is 385 g/mol. The summed E-state index contributed by atoms with van der Waals surface area (Å²) >= 11 is 0. The summed E-state index contributed by atoms with van der Waals surface area (Å²) in [5, 5.41) is 5.59. The van der Waals surface area contributed by atoms with Crippen LogP contribution in [0.15, 0.2) is 54.6 Å². The first kappa shape index (κ1) is 21.6. The third kappa shape index (κ3) is 7.12. The van der Waals surface area contributed by atoms with Crippen molar-refractivity contribution in [2.45, 2.75) is 45.3 Å². The van der Waals surface area contributed by atoms with Crippen molar-refractivity contribution in [3.63, 3.8) is 0 Å². The molecular formula is C22H28FN3O2. The van der Waals surface area contributed by atoms with E-state index >= 15 is 0 Å². The third-order valence-corrected chi connectivity index (χ3v) is 4.36. The van der Waals surface area contributed by atoms with Crippen LogP contribution in [0.3, 0.4) is 0 Å². The minimum atomic E-state index is -0.742. The Morgan fingerprint density at radius 1 is 0.964 bits per heavy atom. The first-order valence-corrected chi connectivity index (χ1v) is 9.47. The Balaban J connectivity index is 2.04. The zero-order valence-electron chi connectivity index (χ0n) is 16.3. The molecule has 0 heterocycles. The Morgan fingerprint density at radius 3 is 2.21 bits per heavy atom. The molecule has 28 heavy (non-hydrogen) atoms. The molecule has 2 aromatic carbocycles. The van der Waals surface area contributed by atoms with Gasteiger partial charge in [-0.05, 0) is 35.6 Å². The fourth-order valence-electron chi connectivity index (χ4n) is 2.87. The quantitative estimate of drug-likeness (QED) is 0.620. The van der Waals surface area contributed by atoms with E-state index in [-0.39, 0.29) is 30.1 Å². The standard InChI is InChI=1S/C22H28FN3O2/c1-15(2)12-19(24)21(27)26-20(13-16-6-4-3-5-7-16)22(28)25-14-17-8-10-18(23)11-9-17/h3-11,15,19-20H,12-14,24H2,1-2H3,(H,25,28)(H,26,27)/t19-,20+/m1/s1. The number of rotatable bonds is 9. The fraction of sp³-hybridized carbons (Fsp3) is 0.364. The van der Waals surface area contributed by atoms with E-state index in [2.05, 4.69) is 10.6 Å². The molecule has 0 aliphatic carbocycles. The smallest absolute Gasteiger partial charge is 0.243 e. The minimum absolute atomic E-state index is 0.248. The number of halogens is 1. The second-order valence-corrected chi connectivity index (χ2v) is 7.33. The van der Waals surface area contributed by atoms with E-state index in [1.54, 1.807) is 12.1 Å². The van der Waals surface area contributed by atoms with Crippen LogP contribution in [0.1, 0.15) is 31.4 Å². The lowest BCUT2D eigenvalue weighted by molar-refractivity contribution is -0.129. The van der Waals surface area contributed by atoms with Gasteiger partial charge in [-0.3, -0.25) is 9.59 Å². The number of amides is 2. The maximum absolute atomic E-state index is 13.0. The zero-order chi connectivity index (χ0) is 20.5. The maximum atomic E-state index is 13.0. The number of hydrogen-bond donors (Lipinski definition) is 3. The molecule has 0 saturated heterocycles. The van der Waals surface area contributed by atoms with Crippen molar-refractivity contribution < 1.29 is 14.0 Å². The summed E-state index contributed by atoms with van der Waals surface area (Å²) in [4.78, 5) is 25.2. The highest BCUT2D eigenvalue weighted by molar-refractivity contribution is 5.89. The molecule has 2 amide bonds. The summed E-state index contributed by atoms with van der Waals surface area (Å²) in [5.74, 6) is -0.700. The van der Waals surface area contributed by atoms with E-state index in [1.807, 2.05) is 44.2 Å². The number of hydrogen-bond acceptors (Lipinski definition) is 3. The lowest BCUT2D eigenvalue weighted by Gasteiger charge is -2.21. The summed E-state index contributed by atoms with van der Waals surface area (Å²) in [7, 11) is 0. The predicted molar refractivity (Wildman–Crippen MR) is 108 cm³/mol. The van der Waals surface area contributed by atoms with Crippen LogP contribution in [0.4, 0.5) is 4.39 Å². The van der Waals surface area contributed by atoms with Crippen LogP contribution in [0, 0.1) is 11.7 Å². The highest BCUT2D eigenvalue weighted by Gasteiger charge is 2.24. The van der Waals surface area contributed by atoms with Crippen molar-refractivity contribution in [2.24, 2.45) is 11.7 Å². The summed E-state index contributed by atoms with van der Waals surface area (Å²) < 4.78 is 13.0. The van der Waals surface area contributed by atoms with Gasteiger partial charge in [0, 0.05) is 13.0 Å². The first-order valence-electron chi connectivity index (χ1n) is 9.47. The number of nitrogens with one attached hydrogen (secondary N) is 2. The van der Waals surface area contributed by atoms with Crippen molar-refractivity contribution in [2.75, 3.05) is 0 Å². The van der Waals surface area contributed by atoms with E-state index in [1.165, 1.54) is 12.1 Å². The number of nitrogens with two attached hydrogens (primary N) is 1. The normalized spacial score (nSPS) is 13.0. The van der Waals surface area contributed by atoms with Crippen molar-refractivity contribution in [3.8, 4) is 0 Å². The average molecular weight is 385 g/mol. The highest BCUT2D eigenvalue weighted by atomic mass is 19.1. The van der Waals surface area contributed by atoms with Crippen LogP contribution < -0.4 is 16.4 Å².